The summed E-state index contributed by atoms with van der Waals surface area (Å²) in [6, 6.07) is 0. The van der Waals surface area contributed by atoms with Crippen molar-refractivity contribution in [3.63, 3.8) is 0 Å². The van der Waals surface area contributed by atoms with Gasteiger partial charge in [0.05, 0.1) is 17.2 Å². The molecule has 0 aliphatic carbocycles. The van der Waals surface area contributed by atoms with Crippen LogP contribution in [0.2, 0.25) is 0 Å². The predicted octanol–water partition coefficient (Wildman–Crippen LogP) is 1.51. The van der Waals surface area contributed by atoms with E-state index in [1.165, 1.54) is 11.8 Å². The van der Waals surface area contributed by atoms with Gasteiger partial charge in [-0.3, -0.25) is 0 Å². The molecule has 0 amide bonds. The van der Waals surface area contributed by atoms with Gasteiger partial charge in [0.1, 0.15) is 5.03 Å². The van der Waals surface area contributed by atoms with Crippen molar-refractivity contribution in [1.29, 1.82) is 0 Å². The van der Waals surface area contributed by atoms with Crippen LogP contribution in [0.25, 0.3) is 0 Å². The Labute approximate surface area is 113 Å². The van der Waals surface area contributed by atoms with Gasteiger partial charge in [0.15, 0.2) is 0 Å². The molecule has 3 N–H and O–H groups in total. The highest BCUT2D eigenvalue weighted by molar-refractivity contribution is 9.10. The molecular weight excluding hydrogens is 306 g/mol. The predicted molar refractivity (Wildman–Crippen MR) is 72.3 cm³/mol. The van der Waals surface area contributed by atoms with Crippen LogP contribution in [0.3, 0.4) is 0 Å². The van der Waals surface area contributed by atoms with Gasteiger partial charge < -0.3 is 15.5 Å². The quantitative estimate of drug-likeness (QED) is 0.522. The maximum atomic E-state index is 9.28. The minimum atomic E-state index is -0.728. The van der Waals surface area contributed by atoms with Gasteiger partial charge in [-0.05, 0) is 22.4 Å². The molecule has 96 valence electrons. The molecule has 17 heavy (non-hydrogen) atoms. The smallest absolute Gasteiger partial charge is 0.223 e. The second-order valence-electron chi connectivity index (χ2n) is 3.42. The Kier molecular flexibility index (Phi) is 6.79. The van der Waals surface area contributed by atoms with Crippen molar-refractivity contribution in [3.8, 4) is 0 Å². The number of aromatic nitrogens is 2. The molecule has 0 bridgehead atoms. The number of nitrogens with zero attached hydrogens (tertiary/aromatic N) is 2. The van der Waals surface area contributed by atoms with Crippen molar-refractivity contribution in [2.24, 2.45) is 0 Å². The average molecular weight is 322 g/mol. The van der Waals surface area contributed by atoms with E-state index in [1.807, 2.05) is 0 Å². The highest BCUT2D eigenvalue weighted by Crippen LogP contribution is 2.26. The molecule has 0 aliphatic rings. The minimum Gasteiger partial charge on any atom is -0.394 e. The largest absolute Gasteiger partial charge is 0.394 e. The van der Waals surface area contributed by atoms with Crippen molar-refractivity contribution in [2.45, 2.75) is 24.5 Å². The number of thioether (sulfide) groups is 1. The Morgan fingerprint density at radius 3 is 3.00 bits per heavy atom. The number of nitrogens with one attached hydrogen (secondary N) is 1. The fourth-order valence-corrected chi connectivity index (χ4v) is 2.33. The molecule has 1 heterocycles. The molecule has 0 aromatic carbocycles. The normalized spacial score (nSPS) is 12.5. The van der Waals surface area contributed by atoms with Crippen LogP contribution >= 0.6 is 27.7 Å². The Morgan fingerprint density at radius 1 is 1.59 bits per heavy atom. The minimum absolute atomic E-state index is 0.239. The molecule has 1 unspecified atom stereocenters. The summed E-state index contributed by atoms with van der Waals surface area (Å²) in [6.07, 6.45) is 1.96. The lowest BCUT2D eigenvalue weighted by molar-refractivity contribution is 0.113. The summed E-state index contributed by atoms with van der Waals surface area (Å²) in [4.78, 5) is 8.45. The molecule has 0 radical (unpaired) electrons. The first kappa shape index (κ1) is 14.7. The summed E-state index contributed by atoms with van der Waals surface area (Å²) in [5, 5.41) is 21.9. The molecule has 0 saturated carbocycles. The lowest BCUT2D eigenvalue weighted by Gasteiger charge is -2.09. The van der Waals surface area contributed by atoms with Crippen LogP contribution in [-0.4, -0.2) is 45.2 Å². The SMILES string of the molecule is CCCNc1ncc(Br)c(SCC(O)CO)n1. The van der Waals surface area contributed by atoms with Crippen LogP contribution in [0.5, 0.6) is 0 Å². The van der Waals surface area contributed by atoms with Gasteiger partial charge in [0, 0.05) is 18.5 Å². The van der Waals surface area contributed by atoms with Crippen LogP contribution < -0.4 is 5.32 Å². The van der Waals surface area contributed by atoms with Crippen molar-refractivity contribution < 1.29 is 10.2 Å². The summed E-state index contributed by atoms with van der Waals surface area (Å²) in [5.41, 5.74) is 0. The molecule has 1 aromatic rings. The number of halogens is 1. The Balaban J connectivity index is 2.62. The average Bonchev–Trinajstić information content (AvgIpc) is 2.35. The highest BCUT2D eigenvalue weighted by Gasteiger charge is 2.09. The van der Waals surface area contributed by atoms with Gasteiger partial charge in [-0.25, -0.2) is 9.97 Å². The van der Waals surface area contributed by atoms with E-state index in [2.05, 4.69) is 38.1 Å². The van der Waals surface area contributed by atoms with E-state index < -0.39 is 6.10 Å². The molecule has 5 nitrogen and oxygen atoms in total. The van der Waals surface area contributed by atoms with E-state index in [-0.39, 0.29) is 6.61 Å². The molecule has 1 rings (SSSR count). The fourth-order valence-electron chi connectivity index (χ4n) is 1.00. The van der Waals surface area contributed by atoms with E-state index in [0.717, 1.165) is 22.5 Å². The first-order valence-electron chi connectivity index (χ1n) is 5.35. The number of hydrogen-bond donors (Lipinski definition) is 3. The summed E-state index contributed by atoms with van der Waals surface area (Å²) in [5.74, 6) is 0.982. The van der Waals surface area contributed by atoms with E-state index in [0.29, 0.717) is 11.7 Å². The van der Waals surface area contributed by atoms with Crippen molar-refractivity contribution in [3.05, 3.63) is 10.7 Å². The monoisotopic (exact) mass is 321 g/mol. The molecular formula is C10H16BrN3O2S. The Bertz CT molecular complexity index is 354. The molecule has 0 spiro atoms. The van der Waals surface area contributed by atoms with Crippen molar-refractivity contribution in [1.82, 2.24) is 9.97 Å². The zero-order chi connectivity index (χ0) is 12.7. The second-order valence-corrected chi connectivity index (χ2v) is 5.28. The summed E-state index contributed by atoms with van der Waals surface area (Å²) in [6.45, 7) is 2.65. The summed E-state index contributed by atoms with van der Waals surface area (Å²) >= 11 is 4.73. The third kappa shape index (κ3) is 5.20. The number of aliphatic hydroxyl groups is 2. The van der Waals surface area contributed by atoms with Gasteiger partial charge >= 0.3 is 0 Å². The van der Waals surface area contributed by atoms with Gasteiger partial charge in [0.2, 0.25) is 5.95 Å². The number of rotatable bonds is 7. The van der Waals surface area contributed by atoms with Crippen molar-refractivity contribution >= 4 is 33.6 Å². The lowest BCUT2D eigenvalue weighted by atomic mass is 10.4. The third-order valence-corrected chi connectivity index (χ3v) is 3.85. The fraction of sp³-hybridized carbons (Fsp3) is 0.600. The molecule has 1 atom stereocenters. The zero-order valence-corrected chi connectivity index (χ0v) is 12.0. The lowest BCUT2D eigenvalue weighted by Crippen LogP contribution is -2.15. The van der Waals surface area contributed by atoms with E-state index >= 15 is 0 Å². The summed E-state index contributed by atoms with van der Waals surface area (Å²) in [7, 11) is 0. The molecule has 0 fully saturated rings. The first-order valence-corrected chi connectivity index (χ1v) is 7.13. The van der Waals surface area contributed by atoms with Crippen molar-refractivity contribution in [2.75, 3.05) is 24.2 Å². The molecule has 0 aliphatic heterocycles. The number of hydrogen-bond acceptors (Lipinski definition) is 6. The second kappa shape index (κ2) is 7.86. The number of aliphatic hydroxyl groups excluding tert-OH is 2. The van der Waals surface area contributed by atoms with Crippen LogP contribution in [0, 0.1) is 0 Å². The maximum absolute atomic E-state index is 9.28. The number of anilines is 1. The molecule has 7 heteroatoms. The van der Waals surface area contributed by atoms with Gasteiger partial charge in [-0.2, -0.15) is 0 Å². The van der Waals surface area contributed by atoms with Crippen LogP contribution in [0.15, 0.2) is 15.7 Å². The van der Waals surface area contributed by atoms with E-state index in [1.54, 1.807) is 6.20 Å². The summed E-state index contributed by atoms with van der Waals surface area (Å²) < 4.78 is 0.787. The standard InChI is InChI=1S/C10H16BrN3O2S/c1-2-3-12-10-13-4-8(11)9(14-10)17-6-7(16)5-15/h4,7,15-16H,2-3,5-6H2,1H3,(H,12,13,14). The maximum Gasteiger partial charge on any atom is 0.223 e. The third-order valence-electron chi connectivity index (χ3n) is 1.87. The topological polar surface area (TPSA) is 78.3 Å². The van der Waals surface area contributed by atoms with Gasteiger partial charge in [0.25, 0.3) is 0 Å². The molecule has 0 saturated heterocycles. The van der Waals surface area contributed by atoms with E-state index in [9.17, 15) is 5.11 Å². The van der Waals surface area contributed by atoms with Crippen LogP contribution in [0.4, 0.5) is 5.95 Å². The Morgan fingerprint density at radius 2 is 2.35 bits per heavy atom. The molecule has 1 aromatic heterocycles. The van der Waals surface area contributed by atoms with Gasteiger partial charge in [-0.15, -0.1) is 11.8 Å². The Hall–Kier alpha value is -0.370. The zero-order valence-electron chi connectivity index (χ0n) is 9.56. The van der Waals surface area contributed by atoms with Gasteiger partial charge in [-0.1, -0.05) is 6.92 Å². The van der Waals surface area contributed by atoms with E-state index in [4.69, 9.17) is 5.11 Å². The highest BCUT2D eigenvalue weighted by atomic mass is 79.9. The first-order chi connectivity index (χ1) is 8.17. The van der Waals surface area contributed by atoms with Crippen LogP contribution in [0.1, 0.15) is 13.3 Å². The van der Waals surface area contributed by atoms with Crippen LogP contribution in [-0.2, 0) is 0 Å².